The maximum absolute atomic E-state index is 12.3. The van der Waals surface area contributed by atoms with Crippen molar-refractivity contribution in [2.24, 2.45) is 5.41 Å². The SMILES string of the molecule is C=C(C)C(=O)OC(Oc1ccc(-n2nc3ccc(Cl)cc3n2)cc1)(C(C)O)C(C)(C)C. The lowest BCUT2D eigenvalue weighted by molar-refractivity contribution is -0.270. The number of carbonyl (C=O) groups excluding carboxylic acids is 1. The number of rotatable bonds is 6. The van der Waals surface area contributed by atoms with E-state index in [1.54, 1.807) is 49.4 Å². The summed E-state index contributed by atoms with van der Waals surface area (Å²) in [6.45, 7) is 12.2. The summed E-state index contributed by atoms with van der Waals surface area (Å²) in [6.07, 6.45) is -1.11. The summed E-state index contributed by atoms with van der Waals surface area (Å²) in [5, 5.41) is 20.0. The van der Waals surface area contributed by atoms with Crippen LogP contribution in [0, 0.1) is 5.41 Å². The molecule has 2 unspecified atom stereocenters. The first kappa shape index (κ1) is 22.8. The first-order valence-corrected chi connectivity index (χ1v) is 10.2. The molecule has 3 rings (SSSR count). The number of nitrogens with zero attached hydrogens (tertiary/aromatic N) is 3. The number of aromatic nitrogens is 3. The minimum atomic E-state index is -1.63. The Morgan fingerprint density at radius 2 is 1.74 bits per heavy atom. The number of fused-ring (bicyclic) bond motifs is 1. The van der Waals surface area contributed by atoms with Gasteiger partial charge in [-0.25, -0.2) is 4.79 Å². The van der Waals surface area contributed by atoms with Gasteiger partial charge in [-0.1, -0.05) is 39.0 Å². The van der Waals surface area contributed by atoms with Gasteiger partial charge in [-0.2, -0.15) is 4.80 Å². The second-order valence-electron chi connectivity index (χ2n) is 8.48. The number of esters is 1. The molecule has 0 aliphatic carbocycles. The summed E-state index contributed by atoms with van der Waals surface area (Å²) >= 11 is 6.02. The van der Waals surface area contributed by atoms with Crippen LogP contribution in [0.3, 0.4) is 0 Å². The summed E-state index contributed by atoms with van der Waals surface area (Å²) in [4.78, 5) is 13.8. The zero-order valence-electron chi connectivity index (χ0n) is 18.2. The van der Waals surface area contributed by atoms with Gasteiger partial charge in [0, 0.05) is 16.0 Å². The number of hydrogen-bond donors (Lipinski definition) is 1. The first-order valence-electron chi connectivity index (χ1n) is 9.82. The highest BCUT2D eigenvalue weighted by Gasteiger charge is 2.52. The second kappa shape index (κ2) is 8.32. The third kappa shape index (κ3) is 4.57. The van der Waals surface area contributed by atoms with Crippen molar-refractivity contribution in [3.05, 3.63) is 59.6 Å². The molecule has 31 heavy (non-hydrogen) atoms. The van der Waals surface area contributed by atoms with Crippen molar-refractivity contribution in [1.82, 2.24) is 15.0 Å². The molecule has 2 aromatic carbocycles. The number of halogens is 1. The van der Waals surface area contributed by atoms with Crippen molar-refractivity contribution in [2.75, 3.05) is 0 Å². The normalized spacial score (nSPS) is 14.7. The fourth-order valence-corrected chi connectivity index (χ4v) is 3.34. The van der Waals surface area contributed by atoms with Crippen LogP contribution in [0.2, 0.25) is 5.02 Å². The van der Waals surface area contributed by atoms with Crippen LogP contribution in [0.5, 0.6) is 5.75 Å². The monoisotopic (exact) mass is 443 g/mol. The standard InChI is InChI=1S/C23H26ClN3O4/c1-14(2)21(29)31-23(15(3)28,22(4,5)6)30-18-10-8-17(9-11-18)27-25-19-12-7-16(24)13-20(19)26-27/h7-13,15,28H,1H2,2-6H3. The third-order valence-corrected chi connectivity index (χ3v) is 5.10. The largest absolute Gasteiger partial charge is 0.449 e. The molecule has 3 aromatic rings. The lowest BCUT2D eigenvalue weighted by Gasteiger charge is -2.45. The van der Waals surface area contributed by atoms with Crippen LogP contribution in [0.4, 0.5) is 0 Å². The van der Waals surface area contributed by atoms with Gasteiger partial charge in [0.1, 0.15) is 22.9 Å². The second-order valence-corrected chi connectivity index (χ2v) is 8.92. The predicted octanol–water partition coefficient (Wildman–Crippen LogP) is 4.70. The lowest BCUT2D eigenvalue weighted by Crippen LogP contribution is -2.59. The number of hydrogen-bond acceptors (Lipinski definition) is 6. The van der Waals surface area contributed by atoms with E-state index in [1.807, 2.05) is 20.8 Å². The molecule has 0 fully saturated rings. The molecule has 164 valence electrons. The quantitative estimate of drug-likeness (QED) is 0.337. The van der Waals surface area contributed by atoms with Crippen LogP contribution in [-0.2, 0) is 9.53 Å². The fourth-order valence-electron chi connectivity index (χ4n) is 3.17. The average Bonchev–Trinajstić information content (AvgIpc) is 3.09. The summed E-state index contributed by atoms with van der Waals surface area (Å²) in [5.74, 6) is -1.85. The van der Waals surface area contributed by atoms with Crippen LogP contribution in [0.1, 0.15) is 34.6 Å². The minimum Gasteiger partial charge on any atom is -0.449 e. The Bertz CT molecular complexity index is 1120. The zero-order valence-corrected chi connectivity index (χ0v) is 19.0. The van der Waals surface area contributed by atoms with Crippen molar-refractivity contribution in [3.8, 4) is 11.4 Å². The highest BCUT2D eigenvalue weighted by molar-refractivity contribution is 6.31. The van der Waals surface area contributed by atoms with Crippen molar-refractivity contribution >= 4 is 28.6 Å². The van der Waals surface area contributed by atoms with E-state index in [1.165, 1.54) is 11.7 Å². The van der Waals surface area contributed by atoms with Gasteiger partial charge in [-0.15, -0.1) is 10.2 Å². The van der Waals surface area contributed by atoms with Gasteiger partial charge in [0.05, 0.1) is 5.69 Å². The Morgan fingerprint density at radius 1 is 1.13 bits per heavy atom. The molecule has 7 nitrogen and oxygen atoms in total. The average molecular weight is 444 g/mol. The van der Waals surface area contributed by atoms with Crippen molar-refractivity contribution < 1.29 is 19.4 Å². The first-order chi connectivity index (χ1) is 14.4. The van der Waals surface area contributed by atoms with Gasteiger partial charge in [-0.05, 0) is 56.3 Å². The number of benzene rings is 2. The lowest BCUT2D eigenvalue weighted by atomic mass is 9.81. The van der Waals surface area contributed by atoms with Crippen LogP contribution in [0.25, 0.3) is 16.7 Å². The summed E-state index contributed by atoms with van der Waals surface area (Å²) < 4.78 is 11.8. The summed E-state index contributed by atoms with van der Waals surface area (Å²) in [5.41, 5.74) is 1.57. The Labute approximate surface area is 186 Å². The smallest absolute Gasteiger partial charge is 0.336 e. The van der Waals surface area contributed by atoms with E-state index in [4.69, 9.17) is 21.1 Å². The van der Waals surface area contributed by atoms with E-state index in [2.05, 4.69) is 16.8 Å². The molecule has 0 spiro atoms. The summed E-state index contributed by atoms with van der Waals surface area (Å²) in [6, 6.07) is 12.2. The molecule has 0 radical (unpaired) electrons. The van der Waals surface area contributed by atoms with E-state index < -0.39 is 23.3 Å². The van der Waals surface area contributed by atoms with Crippen molar-refractivity contribution in [1.29, 1.82) is 0 Å². The van der Waals surface area contributed by atoms with Gasteiger partial charge in [0.25, 0.3) is 5.79 Å². The van der Waals surface area contributed by atoms with Crippen LogP contribution >= 0.6 is 11.6 Å². The summed E-state index contributed by atoms with van der Waals surface area (Å²) in [7, 11) is 0. The highest BCUT2D eigenvalue weighted by atomic mass is 35.5. The Balaban J connectivity index is 1.93. The Kier molecular flexibility index (Phi) is 6.11. The number of aliphatic hydroxyl groups is 1. The van der Waals surface area contributed by atoms with Gasteiger partial charge < -0.3 is 14.6 Å². The maximum atomic E-state index is 12.3. The van der Waals surface area contributed by atoms with E-state index in [-0.39, 0.29) is 5.57 Å². The third-order valence-electron chi connectivity index (χ3n) is 4.87. The van der Waals surface area contributed by atoms with E-state index in [9.17, 15) is 9.90 Å². The molecule has 8 heteroatoms. The number of ether oxygens (including phenoxy) is 2. The molecule has 1 aromatic heterocycles. The molecule has 0 bridgehead atoms. The number of carbonyl (C=O) groups is 1. The molecule has 0 saturated heterocycles. The minimum absolute atomic E-state index is 0.213. The fraction of sp³-hybridized carbons (Fsp3) is 0.348. The van der Waals surface area contributed by atoms with Crippen LogP contribution < -0.4 is 4.74 Å². The predicted molar refractivity (Wildman–Crippen MR) is 119 cm³/mol. The zero-order chi connectivity index (χ0) is 23.0. The van der Waals surface area contributed by atoms with Crippen LogP contribution in [0.15, 0.2) is 54.6 Å². The molecule has 2 atom stereocenters. The Morgan fingerprint density at radius 3 is 2.29 bits per heavy atom. The molecular formula is C23H26ClN3O4. The molecule has 0 aliphatic rings. The maximum Gasteiger partial charge on any atom is 0.336 e. The topological polar surface area (TPSA) is 86.5 Å². The molecule has 1 N–H and O–H groups in total. The molecule has 0 aliphatic heterocycles. The van der Waals surface area contributed by atoms with Gasteiger partial charge >= 0.3 is 5.97 Å². The van der Waals surface area contributed by atoms with E-state index in [0.717, 1.165) is 5.52 Å². The Hall–Kier alpha value is -2.90. The van der Waals surface area contributed by atoms with Gasteiger partial charge in [-0.3, -0.25) is 0 Å². The molecular weight excluding hydrogens is 418 g/mol. The van der Waals surface area contributed by atoms with Gasteiger partial charge in [0.15, 0.2) is 0 Å². The van der Waals surface area contributed by atoms with Gasteiger partial charge in [0.2, 0.25) is 0 Å². The molecule has 1 heterocycles. The van der Waals surface area contributed by atoms with E-state index >= 15 is 0 Å². The van der Waals surface area contributed by atoms with Crippen molar-refractivity contribution in [2.45, 2.75) is 46.5 Å². The molecule has 0 amide bonds. The van der Waals surface area contributed by atoms with E-state index in [0.29, 0.717) is 22.0 Å². The number of aliphatic hydroxyl groups excluding tert-OH is 1. The highest BCUT2D eigenvalue weighted by Crippen LogP contribution is 2.39. The van der Waals surface area contributed by atoms with Crippen molar-refractivity contribution in [3.63, 3.8) is 0 Å². The van der Waals surface area contributed by atoms with Crippen LogP contribution in [-0.4, -0.2) is 38.0 Å². The molecule has 0 saturated carbocycles.